The van der Waals surface area contributed by atoms with Gasteiger partial charge in [0.15, 0.2) is 0 Å². The average molecular weight is 378 g/mol. The summed E-state index contributed by atoms with van der Waals surface area (Å²) in [5, 5.41) is 29.2. The Kier molecular flexibility index (Phi) is 5.54. The van der Waals surface area contributed by atoms with Gasteiger partial charge in [0.1, 0.15) is 17.7 Å². The number of rotatable bonds is 3. The maximum absolute atomic E-state index is 9.85. The van der Waals surface area contributed by atoms with Crippen LogP contribution in [0.5, 0.6) is 0 Å². The lowest BCUT2D eigenvalue weighted by Gasteiger charge is -2.27. The zero-order valence-corrected chi connectivity index (χ0v) is 16.9. The average Bonchev–Trinajstić information content (AvgIpc) is 2.95. The number of hydrogen-bond acceptors (Lipinski definition) is 4. The fourth-order valence-electron chi connectivity index (χ4n) is 3.85. The van der Waals surface area contributed by atoms with Crippen LogP contribution >= 0.6 is 0 Å². The maximum atomic E-state index is 9.85. The van der Waals surface area contributed by atoms with Crippen molar-refractivity contribution in [1.82, 2.24) is 0 Å². The van der Waals surface area contributed by atoms with Crippen LogP contribution in [0.15, 0.2) is 60.3 Å². The topological polar surface area (TPSA) is 74.6 Å². The van der Waals surface area contributed by atoms with E-state index >= 15 is 0 Å². The fraction of sp³-hybridized carbons (Fsp3) is 0.240. The van der Waals surface area contributed by atoms with Gasteiger partial charge in [-0.25, -0.2) is 0 Å². The summed E-state index contributed by atoms with van der Waals surface area (Å²) in [5.41, 5.74) is 3.97. The molecule has 0 bridgehead atoms. The van der Waals surface area contributed by atoms with Crippen LogP contribution in [0.4, 0.5) is 5.69 Å². The Balaban J connectivity index is 2.21. The fourth-order valence-corrected chi connectivity index (χ4v) is 3.85. The van der Waals surface area contributed by atoms with Gasteiger partial charge in [0.2, 0.25) is 0 Å². The van der Waals surface area contributed by atoms with Crippen molar-refractivity contribution in [1.29, 1.82) is 15.8 Å². The predicted octanol–water partition coefficient (Wildman–Crippen LogP) is 3.65. The Bertz CT molecular complexity index is 1190. The van der Waals surface area contributed by atoms with Crippen molar-refractivity contribution >= 4 is 16.8 Å². The van der Waals surface area contributed by atoms with E-state index in [2.05, 4.69) is 49.9 Å². The third kappa shape index (κ3) is 3.52. The van der Waals surface area contributed by atoms with Gasteiger partial charge >= 0.3 is 0 Å². The molecule has 0 N–H and O–H groups in total. The largest absolute Gasteiger partial charge is 0.344 e. The van der Waals surface area contributed by atoms with Crippen LogP contribution in [0.3, 0.4) is 0 Å². The van der Waals surface area contributed by atoms with Crippen LogP contribution < -0.4 is 15.3 Å². The number of nitrogens with zero attached hydrogens (tertiary/aromatic N) is 4. The van der Waals surface area contributed by atoms with Gasteiger partial charge < -0.3 is 4.90 Å². The van der Waals surface area contributed by atoms with Gasteiger partial charge in [-0.05, 0) is 29.3 Å². The van der Waals surface area contributed by atoms with Crippen LogP contribution in [-0.2, 0) is 5.41 Å². The lowest BCUT2D eigenvalue weighted by Crippen LogP contribution is -2.27. The normalized spacial score (nSPS) is 15.2. The van der Waals surface area contributed by atoms with Gasteiger partial charge in [0.05, 0.1) is 11.6 Å². The summed E-state index contributed by atoms with van der Waals surface area (Å²) >= 11 is 0. The number of anilines is 1. The molecule has 0 amide bonds. The molecule has 1 aliphatic rings. The van der Waals surface area contributed by atoms with Gasteiger partial charge in [0.25, 0.3) is 0 Å². The van der Waals surface area contributed by atoms with Crippen LogP contribution in [0.25, 0.3) is 11.1 Å². The molecule has 0 saturated heterocycles. The van der Waals surface area contributed by atoms with Crippen molar-refractivity contribution in [3.63, 3.8) is 0 Å². The number of para-hydroxylation sites is 1. The summed E-state index contributed by atoms with van der Waals surface area (Å²) in [5.74, 6) is 0. The van der Waals surface area contributed by atoms with Gasteiger partial charge in [-0.1, -0.05) is 63.2 Å². The highest BCUT2D eigenvalue weighted by molar-refractivity contribution is 5.78. The Labute approximate surface area is 171 Å². The van der Waals surface area contributed by atoms with Crippen molar-refractivity contribution in [2.45, 2.75) is 32.6 Å². The minimum atomic E-state index is -0.212. The van der Waals surface area contributed by atoms with Crippen LogP contribution in [0.1, 0.15) is 32.8 Å². The van der Waals surface area contributed by atoms with Crippen molar-refractivity contribution in [2.24, 2.45) is 0 Å². The highest BCUT2D eigenvalue weighted by Gasteiger charge is 2.39. The van der Waals surface area contributed by atoms with E-state index in [0.717, 1.165) is 23.9 Å². The van der Waals surface area contributed by atoms with Crippen molar-refractivity contribution < 1.29 is 0 Å². The molecule has 0 saturated carbocycles. The standard InChI is InChI=1S/C25H22N4/c1-4-13-29-23-8-6-5-7-22(23)25(2,3)24(29)14-20(15-26)18-9-11-19(12-10-18)21(16-27)17-28/h5-12,14H,4,13H2,1-3H3/b24-14+. The third-order valence-electron chi connectivity index (χ3n) is 5.36. The Morgan fingerprint density at radius 3 is 2.14 bits per heavy atom. The first-order chi connectivity index (χ1) is 14.0. The Morgan fingerprint density at radius 1 is 0.931 bits per heavy atom. The van der Waals surface area contributed by atoms with Crippen molar-refractivity contribution in [2.75, 3.05) is 11.4 Å². The highest BCUT2D eigenvalue weighted by Crippen LogP contribution is 2.47. The van der Waals surface area contributed by atoms with E-state index in [9.17, 15) is 5.26 Å². The molecule has 4 nitrogen and oxygen atoms in total. The maximum Gasteiger partial charge on any atom is 0.136 e. The molecule has 3 rings (SSSR count). The summed E-state index contributed by atoms with van der Waals surface area (Å²) in [6.07, 6.45) is 2.98. The number of benzene rings is 2. The predicted molar refractivity (Wildman–Crippen MR) is 115 cm³/mol. The van der Waals surface area contributed by atoms with Crippen LogP contribution in [0, 0.1) is 34.0 Å². The Morgan fingerprint density at radius 2 is 1.55 bits per heavy atom. The molecule has 0 radical (unpaired) electrons. The summed E-state index contributed by atoms with van der Waals surface area (Å²) in [4.78, 5) is 2.30. The summed E-state index contributed by atoms with van der Waals surface area (Å²) in [7, 11) is 0. The smallest absolute Gasteiger partial charge is 0.136 e. The minimum absolute atomic E-state index is 0.0647. The summed E-state index contributed by atoms with van der Waals surface area (Å²) < 4.78 is 0. The van der Waals surface area contributed by atoms with Crippen LogP contribution in [0.2, 0.25) is 0 Å². The summed E-state index contributed by atoms with van der Waals surface area (Å²) in [6.45, 7) is 7.41. The molecule has 0 aliphatic carbocycles. The Hall–Kier alpha value is -3.81. The molecule has 1 heterocycles. The van der Waals surface area contributed by atoms with Gasteiger partial charge in [-0.15, -0.1) is 0 Å². The second kappa shape index (κ2) is 8.05. The number of allylic oxidation sites excluding steroid dienone is 2. The molecule has 0 fully saturated rings. The first-order valence-corrected chi connectivity index (χ1v) is 9.62. The van der Waals surface area contributed by atoms with E-state index in [-0.39, 0.29) is 11.0 Å². The van der Waals surface area contributed by atoms with Gasteiger partial charge in [-0.2, -0.15) is 15.8 Å². The summed E-state index contributed by atoms with van der Waals surface area (Å²) in [6, 6.07) is 21.5. The molecule has 29 heavy (non-hydrogen) atoms. The molecule has 0 spiro atoms. The SMILES string of the molecule is CCCN1/C(=C/C(C#N)=c2ccc(=C(C#N)C#N)cc2)C(C)(C)c2ccccc21. The molecule has 4 heteroatoms. The molecule has 0 aromatic heterocycles. The lowest BCUT2D eigenvalue weighted by atomic mass is 9.83. The zero-order chi connectivity index (χ0) is 21.0. The van der Waals surface area contributed by atoms with E-state index in [0.29, 0.717) is 10.8 Å². The first kappa shape index (κ1) is 19.9. The molecule has 2 aromatic rings. The molecular weight excluding hydrogens is 356 g/mol. The first-order valence-electron chi connectivity index (χ1n) is 9.62. The molecule has 1 aliphatic heterocycles. The second-order valence-electron chi connectivity index (χ2n) is 7.52. The molecule has 0 atom stereocenters. The second-order valence-corrected chi connectivity index (χ2v) is 7.52. The van der Waals surface area contributed by atoms with Crippen molar-refractivity contribution in [3.8, 4) is 18.2 Å². The monoisotopic (exact) mass is 378 g/mol. The van der Waals surface area contributed by atoms with E-state index in [1.165, 1.54) is 11.3 Å². The number of hydrogen-bond donors (Lipinski definition) is 0. The van der Waals surface area contributed by atoms with Crippen LogP contribution in [-0.4, -0.2) is 6.54 Å². The third-order valence-corrected chi connectivity index (χ3v) is 5.36. The van der Waals surface area contributed by atoms with Gasteiger partial charge in [-0.3, -0.25) is 0 Å². The molecule has 2 aromatic carbocycles. The van der Waals surface area contributed by atoms with E-state index in [1.807, 2.05) is 24.3 Å². The van der Waals surface area contributed by atoms with E-state index < -0.39 is 0 Å². The quantitative estimate of drug-likeness (QED) is 0.817. The minimum Gasteiger partial charge on any atom is -0.344 e. The molecular formula is C25H22N4. The highest BCUT2D eigenvalue weighted by atomic mass is 15.2. The number of fused-ring (bicyclic) bond motifs is 1. The number of nitriles is 3. The molecule has 142 valence electrons. The lowest BCUT2D eigenvalue weighted by molar-refractivity contribution is 0.629. The zero-order valence-electron chi connectivity index (χ0n) is 16.9. The van der Waals surface area contributed by atoms with Gasteiger partial charge in [0, 0.05) is 28.6 Å². The molecule has 0 unspecified atom stereocenters. The van der Waals surface area contributed by atoms with E-state index in [4.69, 9.17) is 10.5 Å². The van der Waals surface area contributed by atoms with Crippen molar-refractivity contribution in [3.05, 3.63) is 76.3 Å². The van der Waals surface area contributed by atoms with E-state index in [1.54, 1.807) is 24.3 Å².